The first-order chi connectivity index (χ1) is 19.8. The second kappa shape index (κ2) is 8.31. The summed E-state index contributed by atoms with van der Waals surface area (Å²) in [4.78, 5) is 8.75. The van der Waals surface area contributed by atoms with Gasteiger partial charge in [-0.05, 0) is 74.2 Å². The Morgan fingerprint density at radius 1 is 0.625 bits per heavy atom. The number of anilines is 2. The fourth-order valence-corrected chi connectivity index (χ4v) is 7.44. The van der Waals surface area contributed by atoms with Crippen LogP contribution >= 0.6 is 0 Å². The van der Waals surface area contributed by atoms with Crippen LogP contribution in [0.5, 0.6) is 17.2 Å². The largest absolute Gasteiger partial charge is 0.472 e. The minimum absolute atomic E-state index is 0.856. The van der Waals surface area contributed by atoms with Crippen LogP contribution < -0.4 is 19.3 Å². The Hall–Kier alpha value is -4.38. The standard InChI is InChI=1S/C35H31N3O2/c1-3-11-29-25(9-1)33-34(36-29)26-10-2-4-12-30(26)40-35(33)27-15-13-24(38-19-7-8-20-38)22-32(27)39-31-16-14-23(21-28(31)35)37-17-5-6-18-37/h1-4,9-16,21-22,36H,5-8,17-20H2. The van der Waals surface area contributed by atoms with Crippen LogP contribution in [-0.2, 0) is 5.60 Å². The number of ether oxygens (including phenoxy) is 2. The van der Waals surface area contributed by atoms with Crippen LogP contribution in [-0.4, -0.2) is 31.2 Å². The summed E-state index contributed by atoms with van der Waals surface area (Å²) < 4.78 is 14.1. The maximum Gasteiger partial charge on any atom is 0.194 e. The summed E-state index contributed by atoms with van der Waals surface area (Å²) in [6, 6.07) is 30.5. The van der Waals surface area contributed by atoms with E-state index in [4.69, 9.17) is 9.47 Å². The lowest BCUT2D eigenvalue weighted by atomic mass is 9.74. The highest BCUT2D eigenvalue weighted by Gasteiger charge is 2.52. The van der Waals surface area contributed by atoms with Crippen molar-refractivity contribution < 1.29 is 9.47 Å². The topological polar surface area (TPSA) is 40.7 Å². The Labute approximate surface area is 234 Å². The minimum Gasteiger partial charge on any atom is -0.472 e. The molecule has 5 heteroatoms. The summed E-state index contributed by atoms with van der Waals surface area (Å²) in [5, 5.41) is 1.18. The van der Waals surface area contributed by atoms with Gasteiger partial charge in [0.1, 0.15) is 17.2 Å². The van der Waals surface area contributed by atoms with Crippen LogP contribution in [0.15, 0.2) is 84.9 Å². The van der Waals surface area contributed by atoms with Gasteiger partial charge in [0.15, 0.2) is 5.60 Å². The van der Waals surface area contributed by atoms with E-state index in [1.165, 1.54) is 48.0 Å². The molecular formula is C35H31N3O2. The molecule has 1 atom stereocenters. The summed E-state index contributed by atoms with van der Waals surface area (Å²) in [6.07, 6.45) is 4.94. The number of nitrogens with one attached hydrogen (secondary N) is 1. The highest BCUT2D eigenvalue weighted by atomic mass is 16.5. The molecule has 9 rings (SSSR count). The summed E-state index contributed by atoms with van der Waals surface area (Å²) in [7, 11) is 0. The fraction of sp³-hybridized carbons (Fsp3) is 0.257. The van der Waals surface area contributed by atoms with Crippen LogP contribution in [0.25, 0.3) is 22.2 Å². The number of rotatable bonds is 2. The van der Waals surface area contributed by atoms with Crippen molar-refractivity contribution in [2.75, 3.05) is 36.0 Å². The number of H-pyrrole nitrogens is 1. The van der Waals surface area contributed by atoms with E-state index in [9.17, 15) is 0 Å². The van der Waals surface area contributed by atoms with E-state index in [1.807, 2.05) is 0 Å². The third-order valence-electron chi connectivity index (χ3n) is 9.33. The van der Waals surface area contributed by atoms with E-state index < -0.39 is 5.60 Å². The zero-order valence-corrected chi connectivity index (χ0v) is 22.5. The summed E-state index contributed by atoms with van der Waals surface area (Å²) in [5.74, 6) is 2.63. The van der Waals surface area contributed by atoms with Gasteiger partial charge in [-0.25, -0.2) is 0 Å². The molecule has 198 valence electrons. The quantitative estimate of drug-likeness (QED) is 0.255. The van der Waals surface area contributed by atoms with Crippen molar-refractivity contribution in [1.82, 2.24) is 4.98 Å². The molecular weight excluding hydrogens is 494 g/mol. The smallest absolute Gasteiger partial charge is 0.194 e. The zero-order chi connectivity index (χ0) is 26.3. The Morgan fingerprint density at radius 3 is 2.15 bits per heavy atom. The number of aromatic nitrogens is 1. The van der Waals surface area contributed by atoms with Gasteiger partial charge in [-0.3, -0.25) is 0 Å². The first-order valence-corrected chi connectivity index (χ1v) is 14.7. The van der Waals surface area contributed by atoms with Crippen molar-refractivity contribution in [3.63, 3.8) is 0 Å². The van der Waals surface area contributed by atoms with Crippen molar-refractivity contribution >= 4 is 22.3 Å². The molecule has 5 nitrogen and oxygen atoms in total. The van der Waals surface area contributed by atoms with Crippen LogP contribution in [0.4, 0.5) is 11.4 Å². The van der Waals surface area contributed by atoms with Crippen LogP contribution in [0.3, 0.4) is 0 Å². The minimum atomic E-state index is -0.856. The van der Waals surface area contributed by atoms with Gasteiger partial charge in [0.2, 0.25) is 0 Å². The first-order valence-electron chi connectivity index (χ1n) is 14.7. The summed E-state index contributed by atoms with van der Waals surface area (Å²) in [6.45, 7) is 4.36. The number of benzene rings is 4. The monoisotopic (exact) mass is 525 g/mol. The van der Waals surface area contributed by atoms with Gasteiger partial charge >= 0.3 is 0 Å². The van der Waals surface area contributed by atoms with Gasteiger partial charge in [0.25, 0.3) is 0 Å². The fourth-order valence-electron chi connectivity index (χ4n) is 7.44. The molecule has 2 saturated heterocycles. The SMILES string of the molecule is c1ccc2c(c1)OC1(c3ccc(N4CCCC4)cc3Oc3ccc(N4CCCC4)cc31)c1c-2[nH]c2ccccc12. The molecule has 1 unspecified atom stereocenters. The second-order valence-electron chi connectivity index (χ2n) is 11.6. The lowest BCUT2D eigenvalue weighted by Gasteiger charge is -2.44. The van der Waals surface area contributed by atoms with E-state index in [2.05, 4.69) is 99.7 Å². The van der Waals surface area contributed by atoms with Crippen molar-refractivity contribution in [2.24, 2.45) is 0 Å². The predicted molar refractivity (Wildman–Crippen MR) is 160 cm³/mol. The average Bonchev–Trinajstić information content (AvgIpc) is 3.79. The maximum atomic E-state index is 7.36. The Kier molecular flexibility index (Phi) is 4.66. The summed E-state index contributed by atoms with van der Waals surface area (Å²) in [5.41, 5.74) is 8.23. The molecule has 0 saturated carbocycles. The van der Waals surface area contributed by atoms with E-state index in [1.54, 1.807) is 0 Å². The highest BCUT2D eigenvalue weighted by Crippen LogP contribution is 2.60. The maximum absolute atomic E-state index is 7.36. The first kappa shape index (κ1) is 22.4. The zero-order valence-electron chi connectivity index (χ0n) is 22.5. The van der Waals surface area contributed by atoms with Gasteiger partial charge in [-0.15, -0.1) is 0 Å². The molecule has 0 bridgehead atoms. The van der Waals surface area contributed by atoms with Gasteiger partial charge in [0.05, 0.1) is 5.69 Å². The molecule has 0 amide bonds. The van der Waals surface area contributed by atoms with E-state index in [-0.39, 0.29) is 0 Å². The molecule has 1 spiro atoms. The van der Waals surface area contributed by atoms with Crippen LogP contribution in [0, 0.1) is 0 Å². The van der Waals surface area contributed by atoms with Crippen molar-refractivity contribution in [3.8, 4) is 28.5 Å². The van der Waals surface area contributed by atoms with Crippen LogP contribution in [0.1, 0.15) is 42.4 Å². The number of hydrogen-bond acceptors (Lipinski definition) is 4. The molecule has 1 aromatic heterocycles. The second-order valence-corrected chi connectivity index (χ2v) is 11.6. The molecule has 4 aliphatic rings. The van der Waals surface area contributed by atoms with E-state index >= 15 is 0 Å². The number of aromatic amines is 1. The van der Waals surface area contributed by atoms with Gasteiger partial charge in [-0.1, -0.05) is 30.3 Å². The molecule has 0 radical (unpaired) electrons. The molecule has 5 aromatic rings. The van der Waals surface area contributed by atoms with E-state index in [0.717, 1.165) is 71.3 Å². The number of para-hydroxylation sites is 2. The number of nitrogens with zero attached hydrogens (tertiary/aromatic N) is 2. The van der Waals surface area contributed by atoms with Crippen molar-refractivity contribution in [2.45, 2.75) is 31.3 Å². The lowest BCUT2D eigenvalue weighted by Crippen LogP contribution is -2.41. The van der Waals surface area contributed by atoms with Gasteiger partial charge < -0.3 is 24.3 Å². The van der Waals surface area contributed by atoms with Gasteiger partial charge in [0, 0.05) is 76.8 Å². The highest BCUT2D eigenvalue weighted by molar-refractivity contribution is 5.96. The molecule has 1 N–H and O–H groups in total. The predicted octanol–water partition coefficient (Wildman–Crippen LogP) is 7.83. The summed E-state index contributed by atoms with van der Waals surface area (Å²) >= 11 is 0. The van der Waals surface area contributed by atoms with Crippen LogP contribution in [0.2, 0.25) is 0 Å². The third kappa shape index (κ3) is 3.03. The number of hydrogen-bond donors (Lipinski definition) is 1. The number of fused-ring (bicyclic) bond motifs is 10. The normalized spacial score (nSPS) is 20.6. The van der Waals surface area contributed by atoms with Crippen molar-refractivity contribution in [1.29, 1.82) is 0 Å². The molecule has 4 aliphatic heterocycles. The van der Waals surface area contributed by atoms with Crippen molar-refractivity contribution in [3.05, 3.63) is 102 Å². The average molecular weight is 526 g/mol. The van der Waals surface area contributed by atoms with E-state index in [0.29, 0.717) is 0 Å². The third-order valence-corrected chi connectivity index (χ3v) is 9.33. The van der Waals surface area contributed by atoms with Gasteiger partial charge in [-0.2, -0.15) is 0 Å². The molecule has 5 heterocycles. The molecule has 2 fully saturated rings. The Morgan fingerprint density at radius 2 is 1.32 bits per heavy atom. The Bertz CT molecular complexity index is 1790. The Balaban J connectivity index is 1.37. The molecule has 4 aromatic carbocycles. The lowest BCUT2D eigenvalue weighted by molar-refractivity contribution is 0.139. The molecule has 40 heavy (non-hydrogen) atoms. The molecule has 0 aliphatic carbocycles.